The minimum atomic E-state index is 0.437. The van der Waals surface area contributed by atoms with Gasteiger partial charge in [0.1, 0.15) is 0 Å². The quantitative estimate of drug-likeness (QED) is 0.810. The molecule has 2 heterocycles. The Kier molecular flexibility index (Phi) is 4.45. The van der Waals surface area contributed by atoms with Crippen LogP contribution in [0.2, 0.25) is 0 Å². The highest BCUT2D eigenvalue weighted by molar-refractivity contribution is 4.91. The van der Waals surface area contributed by atoms with E-state index >= 15 is 0 Å². The predicted molar refractivity (Wildman–Crippen MR) is 71.2 cm³/mol. The van der Waals surface area contributed by atoms with Crippen LogP contribution in [0.1, 0.15) is 33.1 Å². The van der Waals surface area contributed by atoms with Crippen LogP contribution in [0.4, 0.5) is 0 Å². The Bertz CT molecular complexity index is 238. The van der Waals surface area contributed by atoms with Gasteiger partial charge in [-0.05, 0) is 43.7 Å². The third kappa shape index (κ3) is 3.01. The Hall–Kier alpha value is -0.120. The third-order valence-electron chi connectivity index (χ3n) is 4.92. The molecule has 0 saturated carbocycles. The molecule has 0 aromatic heterocycles. The highest BCUT2D eigenvalue weighted by Gasteiger charge is 2.36. The number of nitrogens with zero attached hydrogens (tertiary/aromatic N) is 1. The van der Waals surface area contributed by atoms with Crippen molar-refractivity contribution in [1.29, 1.82) is 0 Å². The highest BCUT2D eigenvalue weighted by Crippen LogP contribution is 2.32. The van der Waals surface area contributed by atoms with Gasteiger partial charge in [0.25, 0.3) is 0 Å². The van der Waals surface area contributed by atoms with Gasteiger partial charge in [-0.25, -0.2) is 0 Å². The maximum Gasteiger partial charge on any atom is 0.0724 e. The molecule has 2 fully saturated rings. The average Bonchev–Trinajstić information content (AvgIpc) is 2.81. The molecule has 0 aromatic carbocycles. The van der Waals surface area contributed by atoms with E-state index in [0.29, 0.717) is 11.5 Å². The van der Waals surface area contributed by atoms with E-state index in [1.165, 1.54) is 45.4 Å². The fourth-order valence-electron chi connectivity index (χ4n) is 3.37. The van der Waals surface area contributed by atoms with Crippen molar-refractivity contribution in [2.24, 2.45) is 11.3 Å². The summed E-state index contributed by atoms with van der Waals surface area (Å²) in [6, 6.07) is 0. The lowest BCUT2D eigenvalue weighted by Crippen LogP contribution is -2.48. The van der Waals surface area contributed by atoms with Gasteiger partial charge in [0.05, 0.1) is 6.10 Å². The molecule has 3 heteroatoms. The fourth-order valence-corrected chi connectivity index (χ4v) is 3.37. The molecule has 3 atom stereocenters. The summed E-state index contributed by atoms with van der Waals surface area (Å²) in [4.78, 5) is 2.63. The fraction of sp³-hybridized carbons (Fsp3) is 1.00. The summed E-state index contributed by atoms with van der Waals surface area (Å²) in [5.41, 5.74) is 0.527. The Labute approximate surface area is 106 Å². The lowest BCUT2D eigenvalue weighted by molar-refractivity contribution is -0.0168. The highest BCUT2D eigenvalue weighted by atomic mass is 16.5. The molecule has 2 aliphatic heterocycles. The van der Waals surface area contributed by atoms with E-state index in [4.69, 9.17) is 4.74 Å². The molecule has 100 valence electrons. The van der Waals surface area contributed by atoms with Crippen molar-refractivity contribution in [2.45, 2.75) is 39.2 Å². The monoisotopic (exact) mass is 240 g/mol. The molecule has 3 unspecified atom stereocenters. The van der Waals surface area contributed by atoms with Gasteiger partial charge < -0.3 is 15.0 Å². The number of hydrogen-bond acceptors (Lipinski definition) is 3. The van der Waals surface area contributed by atoms with Gasteiger partial charge in [-0.1, -0.05) is 13.8 Å². The van der Waals surface area contributed by atoms with Crippen LogP contribution >= 0.6 is 0 Å². The molecule has 0 amide bonds. The number of likely N-dealkylation sites (tertiary alicyclic amines) is 1. The lowest BCUT2D eigenvalue weighted by atomic mass is 9.82. The molecule has 2 saturated heterocycles. The van der Waals surface area contributed by atoms with E-state index in [0.717, 1.165) is 12.5 Å². The average molecular weight is 240 g/mol. The van der Waals surface area contributed by atoms with Crippen LogP contribution in [-0.2, 0) is 4.74 Å². The minimum Gasteiger partial charge on any atom is -0.380 e. The predicted octanol–water partition coefficient (Wildman–Crippen LogP) is 1.73. The minimum absolute atomic E-state index is 0.437. The topological polar surface area (TPSA) is 24.5 Å². The van der Waals surface area contributed by atoms with Crippen LogP contribution in [0.15, 0.2) is 0 Å². The molecule has 0 spiro atoms. The Morgan fingerprint density at radius 3 is 2.88 bits per heavy atom. The van der Waals surface area contributed by atoms with Crippen molar-refractivity contribution in [3.63, 3.8) is 0 Å². The van der Waals surface area contributed by atoms with Crippen molar-refractivity contribution in [1.82, 2.24) is 10.2 Å². The Balaban J connectivity index is 1.90. The Morgan fingerprint density at radius 2 is 2.29 bits per heavy atom. The molecule has 17 heavy (non-hydrogen) atoms. The summed E-state index contributed by atoms with van der Waals surface area (Å²) >= 11 is 0. The lowest BCUT2D eigenvalue weighted by Gasteiger charge is -2.41. The summed E-state index contributed by atoms with van der Waals surface area (Å²) in [5, 5.41) is 3.53. The maximum absolute atomic E-state index is 5.61. The molecular weight excluding hydrogens is 212 g/mol. The molecule has 0 aliphatic carbocycles. The summed E-state index contributed by atoms with van der Waals surface area (Å²) in [6.45, 7) is 10.7. The summed E-state index contributed by atoms with van der Waals surface area (Å²) in [6.07, 6.45) is 4.36. The summed E-state index contributed by atoms with van der Waals surface area (Å²) in [5.74, 6) is 0.718. The van der Waals surface area contributed by atoms with Gasteiger partial charge in [-0.2, -0.15) is 0 Å². The first kappa shape index (κ1) is 13.3. The van der Waals surface area contributed by atoms with E-state index in [-0.39, 0.29) is 0 Å². The first-order valence-corrected chi connectivity index (χ1v) is 7.15. The second-order valence-corrected chi connectivity index (χ2v) is 6.06. The molecule has 2 aliphatic rings. The standard InChI is InChI=1S/C14H28N2O/c1-4-14(6-7-15-10-14)11-16-8-5-12(2)13(9-16)17-3/h12-13,15H,4-11H2,1-3H3. The molecule has 0 aromatic rings. The van der Waals surface area contributed by atoms with Gasteiger partial charge in [0.2, 0.25) is 0 Å². The van der Waals surface area contributed by atoms with E-state index in [9.17, 15) is 0 Å². The van der Waals surface area contributed by atoms with E-state index in [1.54, 1.807) is 0 Å². The normalized spacial score (nSPS) is 39.7. The van der Waals surface area contributed by atoms with Crippen molar-refractivity contribution in [2.75, 3.05) is 39.8 Å². The largest absolute Gasteiger partial charge is 0.380 e. The van der Waals surface area contributed by atoms with Crippen LogP contribution in [0.5, 0.6) is 0 Å². The van der Waals surface area contributed by atoms with Gasteiger partial charge in [0.15, 0.2) is 0 Å². The first-order valence-electron chi connectivity index (χ1n) is 7.15. The molecule has 1 N–H and O–H groups in total. The number of nitrogens with one attached hydrogen (secondary N) is 1. The number of rotatable bonds is 4. The number of methoxy groups -OCH3 is 1. The van der Waals surface area contributed by atoms with E-state index in [2.05, 4.69) is 24.1 Å². The van der Waals surface area contributed by atoms with Crippen molar-refractivity contribution in [3.05, 3.63) is 0 Å². The third-order valence-corrected chi connectivity index (χ3v) is 4.92. The van der Waals surface area contributed by atoms with Crippen LogP contribution < -0.4 is 5.32 Å². The Morgan fingerprint density at radius 1 is 1.47 bits per heavy atom. The molecular formula is C14H28N2O. The molecule has 2 rings (SSSR count). The molecule has 0 bridgehead atoms. The van der Waals surface area contributed by atoms with Crippen molar-refractivity contribution < 1.29 is 4.74 Å². The van der Waals surface area contributed by atoms with Gasteiger partial charge in [-0.15, -0.1) is 0 Å². The molecule has 0 radical (unpaired) electrons. The van der Waals surface area contributed by atoms with Gasteiger partial charge in [-0.3, -0.25) is 0 Å². The maximum atomic E-state index is 5.61. The summed E-state index contributed by atoms with van der Waals surface area (Å²) in [7, 11) is 1.86. The van der Waals surface area contributed by atoms with E-state index < -0.39 is 0 Å². The van der Waals surface area contributed by atoms with Crippen LogP contribution in [0.25, 0.3) is 0 Å². The van der Waals surface area contributed by atoms with Crippen molar-refractivity contribution >= 4 is 0 Å². The van der Waals surface area contributed by atoms with Crippen LogP contribution in [-0.4, -0.2) is 50.8 Å². The van der Waals surface area contributed by atoms with Gasteiger partial charge >= 0.3 is 0 Å². The smallest absolute Gasteiger partial charge is 0.0724 e. The second kappa shape index (κ2) is 5.68. The first-order chi connectivity index (χ1) is 8.19. The zero-order chi connectivity index (χ0) is 12.3. The van der Waals surface area contributed by atoms with Crippen LogP contribution in [0.3, 0.4) is 0 Å². The SMILES string of the molecule is CCC1(CN2CCC(C)C(OC)C2)CCNC1. The van der Waals surface area contributed by atoms with Gasteiger partial charge in [0, 0.05) is 26.7 Å². The number of hydrogen-bond donors (Lipinski definition) is 1. The van der Waals surface area contributed by atoms with E-state index in [1.807, 2.05) is 7.11 Å². The van der Waals surface area contributed by atoms with Crippen molar-refractivity contribution in [3.8, 4) is 0 Å². The molecule has 3 nitrogen and oxygen atoms in total. The summed E-state index contributed by atoms with van der Waals surface area (Å²) < 4.78 is 5.61. The zero-order valence-corrected chi connectivity index (χ0v) is 11.7. The number of ether oxygens (including phenoxy) is 1. The van der Waals surface area contributed by atoms with Crippen LogP contribution in [0, 0.1) is 11.3 Å². The number of piperidine rings is 1. The second-order valence-electron chi connectivity index (χ2n) is 6.06. The zero-order valence-electron chi connectivity index (χ0n) is 11.7.